The molecule has 0 aliphatic heterocycles. The fourth-order valence-corrected chi connectivity index (χ4v) is 1.09. The molecule has 44 valence electrons. The van der Waals surface area contributed by atoms with Gasteiger partial charge in [-0.05, 0) is 25.3 Å². The molecule has 0 aromatic carbocycles. The molecular weight excluding hydrogens is 96.1 g/mol. The molecule has 0 radical (unpaired) electrons. The van der Waals surface area contributed by atoms with E-state index in [0.717, 1.165) is 6.42 Å². The van der Waals surface area contributed by atoms with Crippen LogP contribution in [0.4, 0.5) is 0 Å². The molecule has 1 rings (SSSR count). The summed E-state index contributed by atoms with van der Waals surface area (Å²) in [6.45, 7) is 4.39. The summed E-state index contributed by atoms with van der Waals surface area (Å²) in [4.78, 5) is 0. The Morgan fingerprint density at radius 3 is 2.50 bits per heavy atom. The number of allylic oxidation sites excluding steroid dienone is 4. The zero-order valence-corrected chi connectivity index (χ0v) is 5.57. The summed E-state index contributed by atoms with van der Waals surface area (Å²) in [7, 11) is 0. The maximum Gasteiger partial charge on any atom is -0.0157 e. The van der Waals surface area contributed by atoms with Gasteiger partial charge in [0.15, 0.2) is 0 Å². The van der Waals surface area contributed by atoms with Crippen molar-refractivity contribution in [1.29, 1.82) is 0 Å². The topological polar surface area (TPSA) is 0 Å². The van der Waals surface area contributed by atoms with Crippen LogP contribution in [-0.4, -0.2) is 0 Å². The van der Waals surface area contributed by atoms with E-state index in [4.69, 9.17) is 0 Å². The largest absolute Gasteiger partial charge is 0.0775 e. The monoisotopic (exact) mass is 108 g/mol. The highest BCUT2D eigenvalue weighted by atomic mass is 14.1. The van der Waals surface area contributed by atoms with Crippen LogP contribution in [0.1, 0.15) is 26.7 Å². The van der Waals surface area contributed by atoms with Crippen molar-refractivity contribution in [2.24, 2.45) is 0 Å². The van der Waals surface area contributed by atoms with Crippen LogP contribution in [0.5, 0.6) is 0 Å². The standard InChI is InChI=1S/C8H12/c1-3-8-6-4-5-7(8)2/h5-6H,3-4H2,1-2H3. The van der Waals surface area contributed by atoms with E-state index >= 15 is 0 Å². The van der Waals surface area contributed by atoms with Gasteiger partial charge in [0.25, 0.3) is 0 Å². The van der Waals surface area contributed by atoms with Gasteiger partial charge in [-0.1, -0.05) is 24.6 Å². The molecule has 8 heavy (non-hydrogen) atoms. The SMILES string of the molecule is CCC1=CCC=C1C. The molecule has 1 aliphatic rings. The van der Waals surface area contributed by atoms with Crippen molar-refractivity contribution in [3.05, 3.63) is 23.3 Å². The molecule has 0 nitrogen and oxygen atoms in total. The van der Waals surface area contributed by atoms with Gasteiger partial charge in [-0.3, -0.25) is 0 Å². The first-order valence-corrected chi connectivity index (χ1v) is 3.20. The minimum absolute atomic E-state index is 1.16. The Bertz CT molecular complexity index is 138. The van der Waals surface area contributed by atoms with Crippen LogP contribution < -0.4 is 0 Å². The van der Waals surface area contributed by atoms with E-state index in [0.29, 0.717) is 0 Å². The predicted molar refractivity (Wildman–Crippen MR) is 36.7 cm³/mol. The van der Waals surface area contributed by atoms with Gasteiger partial charge >= 0.3 is 0 Å². The summed E-state index contributed by atoms with van der Waals surface area (Å²) in [5, 5.41) is 0. The normalized spacial score (nSPS) is 18.2. The lowest BCUT2D eigenvalue weighted by Gasteiger charge is -1.95. The average Bonchev–Trinajstić information content (AvgIpc) is 2.14. The molecule has 0 spiro atoms. The highest BCUT2D eigenvalue weighted by Crippen LogP contribution is 2.20. The van der Waals surface area contributed by atoms with E-state index in [1.54, 1.807) is 0 Å². The van der Waals surface area contributed by atoms with E-state index in [9.17, 15) is 0 Å². The molecule has 0 unspecified atom stereocenters. The molecule has 0 bridgehead atoms. The number of hydrogen-bond acceptors (Lipinski definition) is 0. The smallest absolute Gasteiger partial charge is 0.0157 e. The van der Waals surface area contributed by atoms with Gasteiger partial charge in [-0.2, -0.15) is 0 Å². The van der Waals surface area contributed by atoms with E-state index in [2.05, 4.69) is 26.0 Å². The van der Waals surface area contributed by atoms with E-state index < -0.39 is 0 Å². The first-order chi connectivity index (χ1) is 3.84. The molecular formula is C8H12. The van der Waals surface area contributed by atoms with Gasteiger partial charge < -0.3 is 0 Å². The van der Waals surface area contributed by atoms with Gasteiger partial charge in [0.2, 0.25) is 0 Å². The van der Waals surface area contributed by atoms with Crippen LogP contribution in [0.3, 0.4) is 0 Å². The Labute approximate surface area is 50.9 Å². The predicted octanol–water partition coefficient (Wildman–Crippen LogP) is 2.67. The third-order valence-corrected chi connectivity index (χ3v) is 1.68. The van der Waals surface area contributed by atoms with Gasteiger partial charge in [0, 0.05) is 0 Å². The third kappa shape index (κ3) is 0.835. The molecule has 0 heterocycles. The molecule has 0 fully saturated rings. The van der Waals surface area contributed by atoms with Crippen LogP contribution in [0.25, 0.3) is 0 Å². The maximum atomic E-state index is 2.30. The second-order valence-corrected chi connectivity index (χ2v) is 2.21. The van der Waals surface area contributed by atoms with Crippen LogP contribution >= 0.6 is 0 Å². The zero-order valence-electron chi connectivity index (χ0n) is 5.57. The molecule has 0 aromatic rings. The Kier molecular flexibility index (Phi) is 1.52. The minimum Gasteiger partial charge on any atom is -0.0775 e. The third-order valence-electron chi connectivity index (χ3n) is 1.68. The number of hydrogen-bond donors (Lipinski definition) is 0. The second kappa shape index (κ2) is 2.17. The molecule has 0 saturated heterocycles. The quantitative estimate of drug-likeness (QED) is 0.484. The fourth-order valence-electron chi connectivity index (χ4n) is 1.09. The molecule has 1 aliphatic carbocycles. The van der Waals surface area contributed by atoms with Crippen molar-refractivity contribution in [2.45, 2.75) is 26.7 Å². The minimum atomic E-state index is 1.16. The molecule has 0 N–H and O–H groups in total. The van der Waals surface area contributed by atoms with E-state index in [1.807, 2.05) is 0 Å². The molecule has 0 saturated carbocycles. The number of rotatable bonds is 1. The van der Waals surface area contributed by atoms with E-state index in [-0.39, 0.29) is 0 Å². The molecule has 0 aromatic heterocycles. The van der Waals surface area contributed by atoms with Crippen molar-refractivity contribution in [3.8, 4) is 0 Å². The molecule has 0 atom stereocenters. The summed E-state index contributed by atoms with van der Waals surface area (Å²) in [6.07, 6.45) is 6.94. The summed E-state index contributed by atoms with van der Waals surface area (Å²) in [5.74, 6) is 0. The zero-order chi connectivity index (χ0) is 5.98. The Morgan fingerprint density at radius 1 is 1.50 bits per heavy atom. The average molecular weight is 108 g/mol. The van der Waals surface area contributed by atoms with Crippen molar-refractivity contribution in [3.63, 3.8) is 0 Å². The van der Waals surface area contributed by atoms with Crippen LogP contribution in [-0.2, 0) is 0 Å². The Morgan fingerprint density at radius 2 is 2.25 bits per heavy atom. The van der Waals surface area contributed by atoms with Crippen LogP contribution in [0.2, 0.25) is 0 Å². The lowest BCUT2D eigenvalue weighted by Crippen LogP contribution is -1.75. The van der Waals surface area contributed by atoms with E-state index in [1.165, 1.54) is 17.6 Å². The van der Waals surface area contributed by atoms with Gasteiger partial charge in [0.1, 0.15) is 0 Å². The lowest BCUT2D eigenvalue weighted by molar-refractivity contribution is 1.11. The highest BCUT2D eigenvalue weighted by Gasteiger charge is 1.99. The van der Waals surface area contributed by atoms with Crippen molar-refractivity contribution in [1.82, 2.24) is 0 Å². The molecule has 0 amide bonds. The van der Waals surface area contributed by atoms with Crippen LogP contribution in [0.15, 0.2) is 23.3 Å². The van der Waals surface area contributed by atoms with Gasteiger partial charge in [-0.25, -0.2) is 0 Å². The second-order valence-electron chi connectivity index (χ2n) is 2.21. The summed E-state index contributed by atoms with van der Waals surface area (Å²) >= 11 is 0. The van der Waals surface area contributed by atoms with Crippen molar-refractivity contribution < 1.29 is 0 Å². The first-order valence-electron chi connectivity index (χ1n) is 3.20. The van der Waals surface area contributed by atoms with Gasteiger partial charge in [-0.15, -0.1) is 0 Å². The lowest BCUT2D eigenvalue weighted by atomic mass is 10.1. The molecule has 0 heteroatoms. The Balaban J connectivity index is 2.66. The first kappa shape index (κ1) is 5.61. The van der Waals surface area contributed by atoms with Gasteiger partial charge in [0.05, 0.1) is 0 Å². The van der Waals surface area contributed by atoms with Crippen LogP contribution in [0, 0.1) is 0 Å². The van der Waals surface area contributed by atoms with Crippen molar-refractivity contribution >= 4 is 0 Å². The maximum absolute atomic E-state index is 2.30. The Hall–Kier alpha value is -0.520. The highest BCUT2D eigenvalue weighted by molar-refractivity contribution is 5.34. The summed E-state index contributed by atoms with van der Waals surface area (Å²) < 4.78 is 0. The summed E-state index contributed by atoms with van der Waals surface area (Å²) in [6, 6.07) is 0. The summed E-state index contributed by atoms with van der Waals surface area (Å²) in [5.41, 5.74) is 3.01. The van der Waals surface area contributed by atoms with Crippen molar-refractivity contribution in [2.75, 3.05) is 0 Å². The fraction of sp³-hybridized carbons (Fsp3) is 0.500.